The summed E-state index contributed by atoms with van der Waals surface area (Å²) >= 11 is 0. The van der Waals surface area contributed by atoms with Crippen LogP contribution < -0.4 is 66.3 Å². The van der Waals surface area contributed by atoms with E-state index in [-0.39, 0.29) is 90.8 Å². The summed E-state index contributed by atoms with van der Waals surface area (Å²) in [5, 5.41) is 9.76. The number of carbonyl (C=O) groups is 4. The van der Waals surface area contributed by atoms with Gasteiger partial charge >= 0.3 is 23.9 Å². The van der Waals surface area contributed by atoms with E-state index in [1.54, 1.807) is 28.4 Å². The standard InChI is InChI=1S/C33H32O7.C26H26O6.C26H26O5.C25H24O5.CH4/c1-36-28-15-14-26(20-34)27(17-28)21-38-29-19-31-30(39-22-40-31)18-25(29)13-8-16-37-33(35)32(23-9-4-2-5-10-23)24-11-6-3-7-12-24;1-28-23-20(16-21-24(25(23)29-2)32-17-31-21)14-9-15-30-26(27)22(18-10-5-3-6-11-18)19-12-7-4-8-13-19;1-19(21-11-6-3-7-12-21)26(27)28-14-8-13-22-15-24-25(31-18-30-24)16-23(22)29-17-20-9-4-2-5-10-20;1-27-21-16-23-22(29-17-30-23)15-20(21)13-8-14-28-25(26)24(18-9-4-2-5-10-18)19-11-6-3-7-12-19;/h2-7,9-12,14-15,17-19,32,34H,8,13,16,20-22H2,1H3;3-8,10-13,16,22H,9,14-15,17H2,1-2H3;2-7,9-12,15-16,19H,8,13-14,17-18H2,1H3;2-7,9-12,15-16,24H,8,13-14,17H2,1H3;1H4. The molecule has 23 heteroatoms. The first-order valence-corrected chi connectivity index (χ1v) is 44.3. The average Bonchev–Trinajstić information content (AvgIpc) is 1.63. The molecule has 0 bridgehead atoms. The summed E-state index contributed by atoms with van der Waals surface area (Å²) in [5.74, 6) is 6.56. The van der Waals surface area contributed by atoms with Gasteiger partial charge in [-0.3, -0.25) is 19.2 Å². The van der Waals surface area contributed by atoms with E-state index < -0.39 is 17.8 Å². The highest BCUT2D eigenvalue weighted by atomic mass is 16.7. The maximum atomic E-state index is 13.2. The van der Waals surface area contributed by atoms with Gasteiger partial charge in [-0.05, 0) is 167 Å². The second kappa shape index (κ2) is 49.8. The lowest BCUT2D eigenvalue weighted by Crippen LogP contribution is -2.18. The molecule has 13 aromatic rings. The van der Waals surface area contributed by atoms with E-state index in [0.29, 0.717) is 129 Å². The third-order valence-corrected chi connectivity index (χ3v) is 22.6. The van der Waals surface area contributed by atoms with Gasteiger partial charge in [-0.1, -0.05) is 256 Å². The molecule has 4 aliphatic rings. The van der Waals surface area contributed by atoms with E-state index >= 15 is 0 Å². The Balaban J connectivity index is 0.000000152. The minimum absolute atomic E-state index is 0. The molecule has 1 N–H and O–H groups in total. The van der Waals surface area contributed by atoms with Crippen molar-refractivity contribution >= 4 is 23.9 Å². The monoisotopic (exact) mass is 1810 g/mol. The van der Waals surface area contributed by atoms with Crippen molar-refractivity contribution in [2.75, 3.05) is 82.0 Å². The molecular formula is C111H112O23. The van der Waals surface area contributed by atoms with Gasteiger partial charge in [-0.15, -0.1) is 0 Å². The van der Waals surface area contributed by atoms with Crippen molar-refractivity contribution in [1.82, 2.24) is 0 Å². The van der Waals surface area contributed by atoms with Crippen molar-refractivity contribution in [2.45, 2.75) is 109 Å². The van der Waals surface area contributed by atoms with Crippen LogP contribution in [-0.4, -0.2) is 111 Å². The van der Waals surface area contributed by atoms with E-state index in [0.717, 1.165) is 101 Å². The third-order valence-electron chi connectivity index (χ3n) is 22.6. The number of hydrogen-bond donors (Lipinski definition) is 1. The first-order chi connectivity index (χ1) is 65.3. The smallest absolute Gasteiger partial charge is 0.317 e. The molecule has 0 aliphatic carbocycles. The summed E-state index contributed by atoms with van der Waals surface area (Å²) in [6.07, 6.45) is 5.23. The predicted molar refractivity (Wildman–Crippen MR) is 507 cm³/mol. The summed E-state index contributed by atoms with van der Waals surface area (Å²) in [6.45, 7) is 4.43. The van der Waals surface area contributed by atoms with Gasteiger partial charge in [0.25, 0.3) is 0 Å². The molecule has 0 aromatic heterocycles. The minimum Gasteiger partial charge on any atom is -0.497 e. The highest BCUT2D eigenvalue weighted by Gasteiger charge is 2.31. The molecular weight excluding hydrogens is 1700 g/mol. The molecule has 0 fully saturated rings. The normalized spacial score (nSPS) is 12.1. The molecule has 4 aliphatic heterocycles. The van der Waals surface area contributed by atoms with Gasteiger partial charge in [0.05, 0.1) is 67.4 Å². The number of carbonyl (C=O) groups excluding carboxylic acids is 4. The molecule has 134 heavy (non-hydrogen) atoms. The van der Waals surface area contributed by atoms with Crippen LogP contribution in [0, 0.1) is 0 Å². The second-order valence-corrected chi connectivity index (χ2v) is 31.3. The van der Waals surface area contributed by atoms with E-state index in [2.05, 4.69) is 0 Å². The quantitative estimate of drug-likeness (QED) is 0.0214. The number of fused-ring (bicyclic) bond motifs is 4. The number of aliphatic hydroxyl groups is 1. The number of esters is 4. The molecule has 1 unspecified atom stereocenters. The van der Waals surface area contributed by atoms with Crippen LogP contribution in [0.15, 0.2) is 303 Å². The predicted octanol–water partition coefficient (Wildman–Crippen LogP) is 21.2. The van der Waals surface area contributed by atoms with E-state index in [9.17, 15) is 24.3 Å². The average molecular weight is 1810 g/mol. The zero-order chi connectivity index (χ0) is 92.3. The molecule has 0 radical (unpaired) electrons. The van der Waals surface area contributed by atoms with E-state index in [1.807, 2.05) is 310 Å². The number of benzene rings is 13. The van der Waals surface area contributed by atoms with Crippen LogP contribution in [0.2, 0.25) is 0 Å². The SMILES string of the molecule is C.CC(C(=O)OCCCc1cc2c(cc1OCc1ccccc1)OCO2)c1ccccc1.COc1c(CCCOC(=O)C(c2ccccc2)c2ccccc2)cc2c(c1OC)OCO2.COc1cc2c(cc1CCCOC(=O)C(c1ccccc1)c1ccccc1)OCO2.COc1ccc(CO)c(COc2cc3c(cc2CCCOC(=O)C(c2ccccc2)c2ccccc2)OCO3)c1. The number of methoxy groups -OCH3 is 4. The molecule has 1 atom stereocenters. The maximum Gasteiger partial charge on any atom is 0.317 e. The Morgan fingerprint density at radius 1 is 0.299 bits per heavy atom. The fourth-order valence-electron chi connectivity index (χ4n) is 15.8. The summed E-state index contributed by atoms with van der Waals surface area (Å²) in [5.41, 5.74) is 12.9. The Kier molecular flexibility index (Phi) is 35.8. The third kappa shape index (κ3) is 26.0. The van der Waals surface area contributed by atoms with E-state index in [4.69, 9.17) is 85.3 Å². The number of rotatable bonds is 38. The first-order valence-electron chi connectivity index (χ1n) is 44.3. The molecule has 0 saturated heterocycles. The lowest BCUT2D eigenvalue weighted by Gasteiger charge is -2.17. The van der Waals surface area contributed by atoms with Crippen molar-refractivity contribution < 1.29 is 110 Å². The lowest BCUT2D eigenvalue weighted by atomic mass is 9.91. The summed E-state index contributed by atoms with van der Waals surface area (Å²) in [6, 6.07) is 96.5. The van der Waals surface area contributed by atoms with Crippen LogP contribution in [0.4, 0.5) is 0 Å². The van der Waals surface area contributed by atoms with Crippen LogP contribution in [0.3, 0.4) is 0 Å². The summed E-state index contributed by atoms with van der Waals surface area (Å²) < 4.78 is 101. The summed E-state index contributed by atoms with van der Waals surface area (Å²) in [7, 11) is 6.39. The van der Waals surface area contributed by atoms with E-state index in [1.165, 1.54) is 0 Å². The van der Waals surface area contributed by atoms with Gasteiger partial charge in [0.1, 0.15) is 54.0 Å². The van der Waals surface area contributed by atoms with Gasteiger partial charge in [0.2, 0.25) is 38.7 Å². The Hall–Kier alpha value is -15.1. The van der Waals surface area contributed by atoms with Crippen LogP contribution in [0.25, 0.3) is 0 Å². The van der Waals surface area contributed by atoms with Crippen LogP contribution >= 0.6 is 0 Å². The Labute approximate surface area is 782 Å². The van der Waals surface area contributed by atoms with Crippen molar-refractivity contribution in [3.8, 4) is 80.5 Å². The number of aryl methyl sites for hydroxylation is 4. The van der Waals surface area contributed by atoms with Gasteiger partial charge < -0.3 is 90.4 Å². The second-order valence-electron chi connectivity index (χ2n) is 31.3. The molecule has 13 aromatic carbocycles. The zero-order valence-electron chi connectivity index (χ0n) is 75.0. The van der Waals surface area contributed by atoms with Gasteiger partial charge in [-0.25, -0.2) is 0 Å². The Bertz CT molecular complexity index is 5780. The van der Waals surface area contributed by atoms with Crippen LogP contribution in [0.5, 0.6) is 80.5 Å². The Morgan fingerprint density at radius 3 is 0.978 bits per heavy atom. The number of hydrogen-bond acceptors (Lipinski definition) is 23. The minimum atomic E-state index is -0.490. The number of ether oxygens (including phenoxy) is 18. The number of aliphatic hydroxyl groups excluding tert-OH is 1. The highest BCUT2D eigenvalue weighted by Crippen LogP contribution is 2.50. The molecule has 0 spiro atoms. The fourth-order valence-corrected chi connectivity index (χ4v) is 15.8. The van der Waals surface area contributed by atoms with Crippen molar-refractivity contribution in [3.05, 3.63) is 381 Å². The molecule has 17 rings (SSSR count). The summed E-state index contributed by atoms with van der Waals surface area (Å²) in [4.78, 5) is 51.6. The molecule has 694 valence electrons. The zero-order valence-corrected chi connectivity index (χ0v) is 75.0. The van der Waals surface area contributed by atoms with Crippen molar-refractivity contribution in [1.29, 1.82) is 0 Å². The Morgan fingerprint density at radius 2 is 0.612 bits per heavy atom. The topological polar surface area (TPSA) is 255 Å². The first kappa shape index (κ1) is 96.5. The van der Waals surface area contributed by atoms with Gasteiger partial charge in [-0.2, -0.15) is 0 Å². The van der Waals surface area contributed by atoms with Gasteiger partial charge in [0.15, 0.2) is 46.0 Å². The molecule has 4 heterocycles. The van der Waals surface area contributed by atoms with Crippen LogP contribution in [0.1, 0.15) is 142 Å². The fraction of sp³-hybridized carbons (Fsp3) is 0.261. The van der Waals surface area contributed by atoms with Crippen LogP contribution in [-0.2, 0) is 83.6 Å². The molecule has 0 amide bonds. The highest BCUT2D eigenvalue weighted by molar-refractivity contribution is 5.84. The maximum absolute atomic E-state index is 13.2. The van der Waals surface area contributed by atoms with Gasteiger partial charge in [0, 0.05) is 23.8 Å². The largest absolute Gasteiger partial charge is 0.497 e. The van der Waals surface area contributed by atoms with Crippen molar-refractivity contribution in [3.63, 3.8) is 0 Å². The molecule has 23 nitrogen and oxygen atoms in total. The lowest BCUT2D eigenvalue weighted by molar-refractivity contribution is -0.145. The van der Waals surface area contributed by atoms with Crippen molar-refractivity contribution in [2.24, 2.45) is 0 Å². The molecule has 0 saturated carbocycles.